The first-order valence-electron chi connectivity index (χ1n) is 7.36. The topological polar surface area (TPSA) is 38.5 Å². The van der Waals surface area contributed by atoms with Gasteiger partial charge in [0.1, 0.15) is 0 Å². The number of ether oxygens (including phenoxy) is 1. The summed E-state index contributed by atoms with van der Waals surface area (Å²) in [5.74, 6) is 0. The van der Waals surface area contributed by atoms with E-state index in [1.54, 1.807) is 0 Å². The maximum absolute atomic E-state index is 6.38. The predicted molar refractivity (Wildman–Crippen MR) is 75.6 cm³/mol. The Kier molecular flexibility index (Phi) is 3.79. The van der Waals surface area contributed by atoms with E-state index in [1.165, 1.54) is 12.8 Å². The van der Waals surface area contributed by atoms with Crippen molar-refractivity contribution in [3.05, 3.63) is 0 Å². The Labute approximate surface area is 112 Å². The summed E-state index contributed by atoms with van der Waals surface area (Å²) in [6.45, 7) is 13.3. The summed E-state index contributed by atoms with van der Waals surface area (Å²) in [7, 11) is 0. The predicted octanol–water partition coefficient (Wildman–Crippen LogP) is 2.39. The molecule has 0 aromatic rings. The van der Waals surface area contributed by atoms with E-state index in [-0.39, 0.29) is 5.60 Å². The minimum atomic E-state index is -0.0427. The van der Waals surface area contributed by atoms with Crippen molar-refractivity contribution in [2.45, 2.75) is 77.7 Å². The Hall–Kier alpha value is -0.120. The van der Waals surface area contributed by atoms with Gasteiger partial charge in [0.25, 0.3) is 0 Å². The summed E-state index contributed by atoms with van der Waals surface area (Å²) >= 11 is 0. The van der Waals surface area contributed by atoms with Crippen LogP contribution in [0.25, 0.3) is 0 Å². The van der Waals surface area contributed by atoms with E-state index in [9.17, 15) is 0 Å². The molecular formula is C15H30N2O. The fraction of sp³-hybridized carbons (Fsp3) is 1.00. The third-order valence-corrected chi connectivity index (χ3v) is 4.48. The zero-order valence-corrected chi connectivity index (χ0v) is 12.7. The molecule has 0 aromatic carbocycles. The smallest absolute Gasteiger partial charge is 0.0757 e. The molecule has 1 heterocycles. The lowest BCUT2D eigenvalue weighted by molar-refractivity contribution is -0.145. The highest BCUT2D eigenvalue weighted by Gasteiger charge is 2.41. The average Bonchev–Trinajstić information content (AvgIpc) is 2.19. The number of nitrogens with zero attached hydrogens (tertiary/aromatic N) is 1. The molecular weight excluding hydrogens is 224 g/mol. The lowest BCUT2D eigenvalue weighted by atomic mass is 9.72. The van der Waals surface area contributed by atoms with E-state index in [1.807, 2.05) is 0 Å². The summed E-state index contributed by atoms with van der Waals surface area (Å²) in [6.07, 6.45) is 3.94. The second-order valence-electron chi connectivity index (χ2n) is 7.76. The number of rotatable bonds is 1. The average molecular weight is 254 g/mol. The van der Waals surface area contributed by atoms with Crippen LogP contribution in [-0.4, -0.2) is 41.8 Å². The molecule has 3 unspecified atom stereocenters. The molecule has 0 aromatic heterocycles. The molecule has 0 bridgehead atoms. The van der Waals surface area contributed by atoms with Crippen LogP contribution in [0.1, 0.15) is 53.9 Å². The maximum Gasteiger partial charge on any atom is 0.0757 e. The Morgan fingerprint density at radius 3 is 2.50 bits per heavy atom. The maximum atomic E-state index is 6.38. The Morgan fingerprint density at radius 1 is 1.22 bits per heavy atom. The van der Waals surface area contributed by atoms with E-state index in [0.717, 1.165) is 19.5 Å². The fourth-order valence-electron chi connectivity index (χ4n) is 3.72. The van der Waals surface area contributed by atoms with Crippen LogP contribution in [0.4, 0.5) is 0 Å². The highest BCUT2D eigenvalue weighted by molar-refractivity contribution is 4.96. The summed E-state index contributed by atoms with van der Waals surface area (Å²) in [4.78, 5) is 2.58. The molecule has 3 atom stereocenters. The van der Waals surface area contributed by atoms with Gasteiger partial charge in [-0.25, -0.2) is 0 Å². The van der Waals surface area contributed by atoms with Crippen molar-refractivity contribution in [2.24, 2.45) is 11.1 Å². The molecule has 0 radical (unpaired) electrons. The van der Waals surface area contributed by atoms with E-state index < -0.39 is 0 Å². The molecule has 2 fully saturated rings. The molecule has 2 rings (SSSR count). The van der Waals surface area contributed by atoms with Gasteiger partial charge in [0.05, 0.1) is 11.7 Å². The standard InChI is InChI=1S/C15H30N2O/c1-11-9-17(10-15(4,5)18-11)13-8-14(2,3)7-6-12(13)16/h11-13H,6-10,16H2,1-5H3. The van der Waals surface area contributed by atoms with Gasteiger partial charge in [-0.05, 0) is 45.4 Å². The van der Waals surface area contributed by atoms with Gasteiger partial charge < -0.3 is 10.5 Å². The van der Waals surface area contributed by atoms with Crippen molar-refractivity contribution in [1.29, 1.82) is 0 Å². The first kappa shape index (κ1) is 14.3. The summed E-state index contributed by atoms with van der Waals surface area (Å²) < 4.78 is 6.00. The molecule has 18 heavy (non-hydrogen) atoms. The zero-order chi connectivity index (χ0) is 13.6. The van der Waals surface area contributed by atoms with Crippen LogP contribution in [0.2, 0.25) is 0 Å². The molecule has 3 heteroatoms. The minimum absolute atomic E-state index is 0.0427. The number of nitrogens with two attached hydrogens (primary N) is 1. The highest BCUT2D eigenvalue weighted by atomic mass is 16.5. The highest BCUT2D eigenvalue weighted by Crippen LogP contribution is 2.38. The van der Waals surface area contributed by atoms with Gasteiger partial charge in [-0.1, -0.05) is 13.8 Å². The van der Waals surface area contributed by atoms with E-state index in [4.69, 9.17) is 10.5 Å². The third kappa shape index (κ3) is 3.25. The van der Waals surface area contributed by atoms with Gasteiger partial charge in [0.15, 0.2) is 0 Å². The zero-order valence-electron chi connectivity index (χ0n) is 12.7. The van der Waals surface area contributed by atoms with Crippen LogP contribution >= 0.6 is 0 Å². The lowest BCUT2D eigenvalue weighted by Gasteiger charge is -2.50. The second kappa shape index (κ2) is 4.77. The van der Waals surface area contributed by atoms with Crippen LogP contribution < -0.4 is 5.73 Å². The summed E-state index contributed by atoms with van der Waals surface area (Å²) in [5, 5.41) is 0. The molecule has 2 N–H and O–H groups in total. The van der Waals surface area contributed by atoms with Crippen LogP contribution in [0.3, 0.4) is 0 Å². The molecule has 3 nitrogen and oxygen atoms in total. The molecule has 0 spiro atoms. The van der Waals surface area contributed by atoms with Gasteiger partial charge in [-0.2, -0.15) is 0 Å². The molecule has 106 valence electrons. The van der Waals surface area contributed by atoms with Crippen LogP contribution in [0.5, 0.6) is 0 Å². The van der Waals surface area contributed by atoms with E-state index in [2.05, 4.69) is 39.5 Å². The largest absolute Gasteiger partial charge is 0.370 e. The first-order valence-corrected chi connectivity index (χ1v) is 7.36. The van der Waals surface area contributed by atoms with Crippen molar-refractivity contribution in [3.63, 3.8) is 0 Å². The van der Waals surface area contributed by atoms with Crippen molar-refractivity contribution in [1.82, 2.24) is 4.90 Å². The molecule has 0 amide bonds. The summed E-state index contributed by atoms with van der Waals surface area (Å²) in [6, 6.07) is 0.860. The number of hydrogen-bond acceptors (Lipinski definition) is 3. The van der Waals surface area contributed by atoms with Gasteiger partial charge in [0.2, 0.25) is 0 Å². The monoisotopic (exact) mass is 254 g/mol. The second-order valence-corrected chi connectivity index (χ2v) is 7.76. The van der Waals surface area contributed by atoms with E-state index >= 15 is 0 Å². The van der Waals surface area contributed by atoms with Gasteiger partial charge in [-0.3, -0.25) is 4.90 Å². The molecule has 1 aliphatic heterocycles. The Bertz CT molecular complexity index is 301. The fourth-order valence-corrected chi connectivity index (χ4v) is 3.72. The number of morpholine rings is 1. The summed E-state index contributed by atoms with van der Waals surface area (Å²) in [5.41, 5.74) is 6.78. The Morgan fingerprint density at radius 2 is 1.89 bits per heavy atom. The third-order valence-electron chi connectivity index (χ3n) is 4.48. The first-order chi connectivity index (χ1) is 8.19. The van der Waals surface area contributed by atoms with Gasteiger partial charge >= 0.3 is 0 Å². The van der Waals surface area contributed by atoms with Crippen LogP contribution in [-0.2, 0) is 4.74 Å². The SMILES string of the molecule is CC1CN(C2CC(C)(C)CCC2N)CC(C)(C)O1. The molecule has 1 saturated carbocycles. The normalized spacial score (nSPS) is 40.7. The van der Waals surface area contributed by atoms with Crippen molar-refractivity contribution < 1.29 is 4.74 Å². The molecule has 1 aliphatic carbocycles. The van der Waals surface area contributed by atoms with E-state index in [0.29, 0.717) is 23.6 Å². The van der Waals surface area contributed by atoms with Crippen molar-refractivity contribution >= 4 is 0 Å². The lowest BCUT2D eigenvalue weighted by Crippen LogP contribution is -2.61. The quantitative estimate of drug-likeness (QED) is 0.781. The minimum Gasteiger partial charge on any atom is -0.370 e. The molecule has 1 saturated heterocycles. The van der Waals surface area contributed by atoms with Gasteiger partial charge in [0, 0.05) is 25.2 Å². The molecule has 2 aliphatic rings. The van der Waals surface area contributed by atoms with Crippen molar-refractivity contribution in [2.75, 3.05) is 13.1 Å². The van der Waals surface area contributed by atoms with Crippen LogP contribution in [0, 0.1) is 5.41 Å². The van der Waals surface area contributed by atoms with Crippen molar-refractivity contribution in [3.8, 4) is 0 Å². The Balaban J connectivity index is 2.09. The number of hydrogen-bond donors (Lipinski definition) is 1. The van der Waals surface area contributed by atoms with Crippen LogP contribution in [0.15, 0.2) is 0 Å². The van der Waals surface area contributed by atoms with Gasteiger partial charge in [-0.15, -0.1) is 0 Å².